The summed E-state index contributed by atoms with van der Waals surface area (Å²) in [7, 11) is -3.24. The fourth-order valence-corrected chi connectivity index (χ4v) is 3.12. The molecular formula is C8H16N2O2S2. The van der Waals surface area contributed by atoms with Crippen molar-refractivity contribution in [3.63, 3.8) is 0 Å². The number of nitrogens with two attached hydrogens (primary N) is 1. The topological polar surface area (TPSA) is 72.2 Å². The predicted molar refractivity (Wildman–Crippen MR) is 60.5 cm³/mol. The van der Waals surface area contributed by atoms with Crippen LogP contribution in [0.3, 0.4) is 0 Å². The lowest BCUT2D eigenvalue weighted by Crippen LogP contribution is -2.52. The third-order valence-electron chi connectivity index (χ3n) is 2.18. The third kappa shape index (κ3) is 3.51. The molecule has 1 rings (SSSR count). The van der Waals surface area contributed by atoms with E-state index in [4.69, 9.17) is 18.0 Å². The Morgan fingerprint density at radius 2 is 2.07 bits per heavy atom. The largest absolute Gasteiger partial charge is 0.392 e. The monoisotopic (exact) mass is 236 g/mol. The second kappa shape index (κ2) is 3.75. The van der Waals surface area contributed by atoms with Gasteiger partial charge in [-0.2, -0.15) is 0 Å². The molecule has 0 saturated heterocycles. The van der Waals surface area contributed by atoms with Crippen molar-refractivity contribution < 1.29 is 8.42 Å². The molecule has 0 aromatic rings. The van der Waals surface area contributed by atoms with Crippen LogP contribution in [0, 0.1) is 5.92 Å². The molecule has 0 aliphatic heterocycles. The molecule has 82 valence electrons. The van der Waals surface area contributed by atoms with Crippen LogP contribution < -0.4 is 10.5 Å². The molecule has 1 saturated carbocycles. The van der Waals surface area contributed by atoms with Crippen LogP contribution >= 0.6 is 12.2 Å². The molecule has 1 aliphatic rings. The zero-order chi connectivity index (χ0) is 11.0. The summed E-state index contributed by atoms with van der Waals surface area (Å²) in [5.74, 6) is 0.522. The number of rotatable bonds is 5. The molecule has 0 spiro atoms. The van der Waals surface area contributed by atoms with E-state index in [0.29, 0.717) is 5.92 Å². The average molecular weight is 236 g/mol. The van der Waals surface area contributed by atoms with Crippen molar-refractivity contribution in [2.24, 2.45) is 11.7 Å². The van der Waals surface area contributed by atoms with Gasteiger partial charge in [0.05, 0.1) is 16.3 Å². The first kappa shape index (κ1) is 11.9. The molecule has 0 amide bonds. The second-order valence-corrected chi connectivity index (χ2v) is 6.52. The van der Waals surface area contributed by atoms with Gasteiger partial charge in [-0.15, -0.1) is 0 Å². The molecule has 14 heavy (non-hydrogen) atoms. The average Bonchev–Trinajstić information content (AvgIpc) is 2.67. The van der Waals surface area contributed by atoms with Crippen LogP contribution in [0.25, 0.3) is 0 Å². The van der Waals surface area contributed by atoms with Gasteiger partial charge in [-0.25, -0.2) is 13.1 Å². The van der Waals surface area contributed by atoms with E-state index in [-0.39, 0.29) is 10.7 Å². The molecule has 4 nitrogen and oxygen atoms in total. The van der Waals surface area contributed by atoms with E-state index < -0.39 is 15.6 Å². The van der Waals surface area contributed by atoms with Gasteiger partial charge in [-0.1, -0.05) is 12.2 Å². The van der Waals surface area contributed by atoms with Gasteiger partial charge in [0.2, 0.25) is 10.0 Å². The smallest absolute Gasteiger partial charge is 0.212 e. The Hall–Kier alpha value is -0.200. The summed E-state index contributed by atoms with van der Waals surface area (Å²) in [6.07, 6.45) is 2.02. The third-order valence-corrected chi connectivity index (χ3v) is 4.42. The van der Waals surface area contributed by atoms with Gasteiger partial charge < -0.3 is 5.73 Å². The summed E-state index contributed by atoms with van der Waals surface area (Å²) in [5.41, 5.74) is 4.60. The Kier molecular flexibility index (Phi) is 3.18. The van der Waals surface area contributed by atoms with Crippen LogP contribution in [0.2, 0.25) is 0 Å². The van der Waals surface area contributed by atoms with E-state index in [1.807, 2.05) is 0 Å². The molecule has 0 aromatic carbocycles. The molecule has 1 fully saturated rings. The first-order valence-electron chi connectivity index (χ1n) is 4.54. The van der Waals surface area contributed by atoms with Crippen molar-refractivity contribution >= 4 is 27.2 Å². The SMILES string of the molecule is CC(C)(NS(=O)(=O)CC1CC1)C(N)=S. The van der Waals surface area contributed by atoms with Crippen molar-refractivity contribution in [3.8, 4) is 0 Å². The van der Waals surface area contributed by atoms with Crippen molar-refractivity contribution in [1.82, 2.24) is 4.72 Å². The minimum absolute atomic E-state index is 0.164. The van der Waals surface area contributed by atoms with Crippen molar-refractivity contribution in [1.29, 1.82) is 0 Å². The number of nitrogens with one attached hydrogen (secondary N) is 1. The maximum absolute atomic E-state index is 11.6. The highest BCUT2D eigenvalue weighted by molar-refractivity contribution is 7.89. The highest BCUT2D eigenvalue weighted by Gasteiger charge is 2.32. The molecule has 0 heterocycles. The van der Waals surface area contributed by atoms with Crippen LogP contribution in [-0.4, -0.2) is 24.7 Å². The Labute approximate surface area is 90.3 Å². The molecule has 0 atom stereocenters. The van der Waals surface area contributed by atoms with Crippen LogP contribution in [0.15, 0.2) is 0 Å². The van der Waals surface area contributed by atoms with Crippen LogP contribution in [0.5, 0.6) is 0 Å². The van der Waals surface area contributed by atoms with E-state index in [9.17, 15) is 8.42 Å². The quantitative estimate of drug-likeness (QED) is 0.677. The first-order valence-corrected chi connectivity index (χ1v) is 6.60. The Morgan fingerprint density at radius 1 is 1.57 bits per heavy atom. The van der Waals surface area contributed by atoms with Gasteiger partial charge in [0.1, 0.15) is 0 Å². The van der Waals surface area contributed by atoms with Gasteiger partial charge in [0, 0.05) is 0 Å². The zero-order valence-electron chi connectivity index (χ0n) is 8.41. The van der Waals surface area contributed by atoms with E-state index in [2.05, 4.69) is 4.72 Å². The van der Waals surface area contributed by atoms with Crippen molar-refractivity contribution in [2.75, 3.05) is 5.75 Å². The maximum atomic E-state index is 11.6. The van der Waals surface area contributed by atoms with E-state index in [1.54, 1.807) is 13.8 Å². The van der Waals surface area contributed by atoms with Gasteiger partial charge in [-0.05, 0) is 32.6 Å². The van der Waals surface area contributed by atoms with Crippen molar-refractivity contribution in [3.05, 3.63) is 0 Å². The number of sulfonamides is 1. The molecule has 6 heteroatoms. The van der Waals surface area contributed by atoms with Gasteiger partial charge in [0.15, 0.2) is 0 Å². The summed E-state index contributed by atoms with van der Waals surface area (Å²) >= 11 is 4.78. The Balaban J connectivity index is 2.61. The molecular weight excluding hydrogens is 220 g/mol. The summed E-state index contributed by atoms with van der Waals surface area (Å²) in [4.78, 5) is 0.164. The fourth-order valence-electron chi connectivity index (χ4n) is 1.08. The van der Waals surface area contributed by atoms with E-state index >= 15 is 0 Å². The maximum Gasteiger partial charge on any atom is 0.212 e. The van der Waals surface area contributed by atoms with Crippen molar-refractivity contribution in [2.45, 2.75) is 32.2 Å². The number of thiocarbonyl (C=S) groups is 1. The van der Waals surface area contributed by atoms with Gasteiger partial charge >= 0.3 is 0 Å². The first-order chi connectivity index (χ1) is 6.23. The summed E-state index contributed by atoms with van der Waals surface area (Å²) < 4.78 is 25.7. The highest BCUT2D eigenvalue weighted by Crippen LogP contribution is 2.30. The standard InChI is InChI=1S/C8H16N2O2S2/c1-8(2,7(9)13)10-14(11,12)5-6-3-4-6/h6,10H,3-5H2,1-2H3,(H2,9,13). The van der Waals surface area contributed by atoms with Crippen LogP contribution in [0.1, 0.15) is 26.7 Å². The summed E-state index contributed by atoms with van der Waals surface area (Å²) in [6.45, 7) is 3.33. The van der Waals surface area contributed by atoms with Crippen LogP contribution in [0.4, 0.5) is 0 Å². The molecule has 0 bridgehead atoms. The lowest BCUT2D eigenvalue weighted by molar-refractivity contribution is 0.543. The zero-order valence-corrected chi connectivity index (χ0v) is 10.0. The van der Waals surface area contributed by atoms with E-state index in [0.717, 1.165) is 12.8 Å². The second-order valence-electron chi connectivity index (χ2n) is 4.32. The summed E-state index contributed by atoms with van der Waals surface area (Å²) in [5, 5.41) is 0. The van der Waals surface area contributed by atoms with Gasteiger partial charge in [-0.3, -0.25) is 0 Å². The normalized spacial score (nSPS) is 18.1. The number of hydrogen-bond donors (Lipinski definition) is 2. The lowest BCUT2D eigenvalue weighted by Gasteiger charge is -2.24. The minimum Gasteiger partial charge on any atom is -0.392 e. The Morgan fingerprint density at radius 3 is 2.43 bits per heavy atom. The summed E-state index contributed by atoms with van der Waals surface area (Å²) in [6, 6.07) is 0. The predicted octanol–water partition coefficient (Wildman–Crippen LogP) is 0.380. The molecule has 3 N–H and O–H groups in total. The van der Waals surface area contributed by atoms with Crippen LogP contribution in [-0.2, 0) is 10.0 Å². The van der Waals surface area contributed by atoms with Gasteiger partial charge in [0.25, 0.3) is 0 Å². The number of hydrogen-bond acceptors (Lipinski definition) is 3. The van der Waals surface area contributed by atoms with E-state index in [1.165, 1.54) is 0 Å². The fraction of sp³-hybridized carbons (Fsp3) is 0.875. The molecule has 0 radical (unpaired) electrons. The molecule has 0 unspecified atom stereocenters. The Bertz CT molecular complexity index is 331. The molecule has 1 aliphatic carbocycles. The highest BCUT2D eigenvalue weighted by atomic mass is 32.2. The lowest BCUT2D eigenvalue weighted by atomic mass is 10.1. The molecule has 0 aromatic heterocycles. The minimum atomic E-state index is -3.24.